The highest BCUT2D eigenvalue weighted by Crippen LogP contribution is 2.42. The fourth-order valence-corrected chi connectivity index (χ4v) is 5.21. The van der Waals surface area contributed by atoms with E-state index in [-0.39, 0.29) is 11.4 Å². The van der Waals surface area contributed by atoms with E-state index in [1.54, 1.807) is 0 Å². The van der Waals surface area contributed by atoms with E-state index in [1.165, 1.54) is 22.9 Å². The van der Waals surface area contributed by atoms with Crippen molar-refractivity contribution in [3.8, 4) is 0 Å². The highest BCUT2D eigenvalue weighted by atomic mass is 35.5. The number of likely N-dealkylation sites (N-methyl/N-ethyl adjacent to an activating group) is 1. The number of carbonyl (C=O) groups excluding carboxylic acids is 1. The molecule has 31 heavy (non-hydrogen) atoms. The summed E-state index contributed by atoms with van der Waals surface area (Å²) in [6, 6.07) is 12.0. The number of hydrogen-bond acceptors (Lipinski definition) is 4. The Kier molecular flexibility index (Phi) is 5.75. The first-order valence-corrected chi connectivity index (χ1v) is 11.5. The standard InChI is InChI=1S/C25H26ClN3OS/c1-6-29-21-13-20(26)17(11-19(21)16(3)14-25(29,4)5)12-22-23(30)28-24(31-22)27-18-9-7-15(2)8-10-18/h7-14H,6H2,1-5H3,(H,27,28,30)/b22-12+. The summed E-state index contributed by atoms with van der Waals surface area (Å²) in [6.07, 6.45) is 4.14. The van der Waals surface area contributed by atoms with Crippen LogP contribution in [0.5, 0.6) is 0 Å². The summed E-state index contributed by atoms with van der Waals surface area (Å²) >= 11 is 8.00. The number of carbonyl (C=O) groups is 1. The minimum atomic E-state index is -0.159. The molecule has 0 atom stereocenters. The van der Waals surface area contributed by atoms with E-state index in [4.69, 9.17) is 11.6 Å². The lowest BCUT2D eigenvalue weighted by Crippen LogP contribution is -2.44. The number of halogens is 1. The lowest BCUT2D eigenvalue weighted by Gasteiger charge is -2.43. The number of fused-ring (bicyclic) bond motifs is 1. The zero-order chi connectivity index (χ0) is 22.3. The van der Waals surface area contributed by atoms with Crippen molar-refractivity contribution in [2.75, 3.05) is 11.4 Å². The quantitative estimate of drug-likeness (QED) is 0.537. The Balaban J connectivity index is 1.67. The SMILES string of the molecule is CCN1c2cc(Cl)c(/C=C3/SC(=Nc4ccc(C)cc4)NC3=O)cc2C(C)=CC1(C)C. The summed E-state index contributed by atoms with van der Waals surface area (Å²) in [7, 11) is 0. The van der Waals surface area contributed by atoms with Crippen LogP contribution in [0.4, 0.5) is 11.4 Å². The normalized spacial score (nSPS) is 20.1. The van der Waals surface area contributed by atoms with E-state index >= 15 is 0 Å². The number of amides is 1. The molecule has 4 nitrogen and oxygen atoms in total. The van der Waals surface area contributed by atoms with Crippen molar-refractivity contribution in [1.29, 1.82) is 0 Å². The van der Waals surface area contributed by atoms with Gasteiger partial charge in [-0.3, -0.25) is 4.79 Å². The Morgan fingerprint density at radius 3 is 2.58 bits per heavy atom. The summed E-state index contributed by atoms with van der Waals surface area (Å²) in [5.41, 5.74) is 6.23. The molecule has 1 amide bonds. The Morgan fingerprint density at radius 2 is 1.90 bits per heavy atom. The molecule has 2 heterocycles. The Morgan fingerprint density at radius 1 is 1.19 bits per heavy atom. The van der Waals surface area contributed by atoms with Gasteiger partial charge in [-0.25, -0.2) is 4.99 Å². The second kappa shape index (κ2) is 8.21. The van der Waals surface area contributed by atoms with E-state index in [2.05, 4.69) is 55.0 Å². The number of aryl methyl sites for hydroxylation is 1. The second-order valence-electron chi connectivity index (χ2n) is 8.43. The highest BCUT2D eigenvalue weighted by molar-refractivity contribution is 8.18. The van der Waals surface area contributed by atoms with Crippen LogP contribution in [0.2, 0.25) is 5.02 Å². The average molecular weight is 452 g/mol. The molecule has 2 aromatic rings. The third kappa shape index (κ3) is 4.30. The number of aliphatic imine (C=N–C) groups is 1. The van der Waals surface area contributed by atoms with Gasteiger partial charge in [0, 0.05) is 22.8 Å². The van der Waals surface area contributed by atoms with Crippen molar-refractivity contribution in [3.05, 3.63) is 69.1 Å². The van der Waals surface area contributed by atoms with Crippen LogP contribution in [0.1, 0.15) is 44.4 Å². The lowest BCUT2D eigenvalue weighted by molar-refractivity contribution is -0.115. The molecular formula is C25H26ClN3OS. The van der Waals surface area contributed by atoms with Gasteiger partial charge in [0.05, 0.1) is 16.1 Å². The molecule has 1 saturated heterocycles. The van der Waals surface area contributed by atoms with Crippen LogP contribution in [0.25, 0.3) is 11.6 Å². The zero-order valence-electron chi connectivity index (χ0n) is 18.4. The van der Waals surface area contributed by atoms with Gasteiger partial charge in [0.2, 0.25) is 0 Å². The van der Waals surface area contributed by atoms with Gasteiger partial charge in [-0.2, -0.15) is 0 Å². The van der Waals surface area contributed by atoms with Gasteiger partial charge >= 0.3 is 0 Å². The van der Waals surface area contributed by atoms with Gasteiger partial charge in [-0.1, -0.05) is 35.4 Å². The molecule has 0 bridgehead atoms. The number of allylic oxidation sites excluding steroid dienone is 1. The number of nitrogens with one attached hydrogen (secondary N) is 1. The molecule has 0 radical (unpaired) electrons. The van der Waals surface area contributed by atoms with Crippen molar-refractivity contribution in [2.24, 2.45) is 4.99 Å². The maximum absolute atomic E-state index is 12.5. The number of hydrogen-bond donors (Lipinski definition) is 1. The molecule has 6 heteroatoms. The van der Waals surface area contributed by atoms with E-state index in [0.717, 1.165) is 29.0 Å². The molecule has 2 aliphatic heterocycles. The third-order valence-electron chi connectivity index (χ3n) is 5.61. The van der Waals surface area contributed by atoms with Crippen molar-refractivity contribution in [3.63, 3.8) is 0 Å². The first-order valence-electron chi connectivity index (χ1n) is 10.3. The monoisotopic (exact) mass is 451 g/mol. The number of nitrogens with zero attached hydrogens (tertiary/aromatic N) is 2. The molecule has 0 aliphatic carbocycles. The van der Waals surface area contributed by atoms with Crippen molar-refractivity contribution in [2.45, 2.75) is 40.2 Å². The van der Waals surface area contributed by atoms with Crippen LogP contribution in [-0.4, -0.2) is 23.2 Å². The van der Waals surface area contributed by atoms with E-state index in [1.807, 2.05) is 43.3 Å². The smallest absolute Gasteiger partial charge is 0.264 e. The molecule has 2 aliphatic rings. The fraction of sp³-hybridized carbons (Fsp3) is 0.280. The van der Waals surface area contributed by atoms with Gasteiger partial charge in [-0.05, 0) is 87.9 Å². The second-order valence-corrected chi connectivity index (χ2v) is 9.87. The molecular weight excluding hydrogens is 426 g/mol. The van der Waals surface area contributed by atoms with Gasteiger partial charge in [0.25, 0.3) is 5.91 Å². The average Bonchev–Trinajstić information content (AvgIpc) is 3.03. The fourth-order valence-electron chi connectivity index (χ4n) is 4.16. The van der Waals surface area contributed by atoms with E-state index < -0.39 is 0 Å². The maximum atomic E-state index is 12.5. The first kappa shape index (κ1) is 21.7. The molecule has 160 valence electrons. The van der Waals surface area contributed by atoms with Gasteiger partial charge in [-0.15, -0.1) is 0 Å². The summed E-state index contributed by atoms with van der Waals surface area (Å²) in [5.74, 6) is -0.159. The van der Waals surface area contributed by atoms with Gasteiger partial charge in [0.1, 0.15) is 0 Å². The molecule has 0 saturated carbocycles. The summed E-state index contributed by atoms with van der Waals surface area (Å²) in [6.45, 7) is 11.6. The van der Waals surface area contributed by atoms with Crippen LogP contribution >= 0.6 is 23.4 Å². The topological polar surface area (TPSA) is 44.7 Å². The number of benzene rings is 2. The molecule has 0 spiro atoms. The van der Waals surface area contributed by atoms with Crippen LogP contribution in [0.15, 0.2) is 52.4 Å². The number of rotatable bonds is 3. The molecule has 0 unspecified atom stereocenters. The molecule has 0 aromatic heterocycles. The molecule has 1 fully saturated rings. The third-order valence-corrected chi connectivity index (χ3v) is 6.85. The largest absolute Gasteiger partial charge is 0.363 e. The Bertz CT molecular complexity index is 1150. The van der Waals surface area contributed by atoms with Crippen molar-refractivity contribution in [1.82, 2.24) is 5.32 Å². The summed E-state index contributed by atoms with van der Waals surface area (Å²) in [4.78, 5) is 20.0. The predicted molar refractivity (Wildman–Crippen MR) is 134 cm³/mol. The van der Waals surface area contributed by atoms with E-state index in [9.17, 15) is 4.79 Å². The van der Waals surface area contributed by atoms with Gasteiger partial charge < -0.3 is 10.2 Å². The highest BCUT2D eigenvalue weighted by Gasteiger charge is 2.31. The first-order chi connectivity index (χ1) is 14.7. The Hall–Kier alpha value is -2.50. The van der Waals surface area contributed by atoms with Crippen molar-refractivity contribution >= 4 is 57.5 Å². The minimum absolute atomic E-state index is 0.0717. The molecule has 4 rings (SSSR count). The number of thioether (sulfide) groups is 1. The van der Waals surface area contributed by atoms with Gasteiger partial charge in [0.15, 0.2) is 5.17 Å². The van der Waals surface area contributed by atoms with Crippen LogP contribution in [0.3, 0.4) is 0 Å². The zero-order valence-corrected chi connectivity index (χ0v) is 20.0. The van der Waals surface area contributed by atoms with Crippen LogP contribution in [0, 0.1) is 6.92 Å². The van der Waals surface area contributed by atoms with Crippen molar-refractivity contribution < 1.29 is 4.79 Å². The predicted octanol–water partition coefficient (Wildman–Crippen LogP) is 6.56. The number of anilines is 1. The Labute approximate surface area is 193 Å². The van der Waals surface area contributed by atoms with E-state index in [0.29, 0.717) is 15.1 Å². The molecule has 1 N–H and O–H groups in total. The summed E-state index contributed by atoms with van der Waals surface area (Å²) in [5, 5.41) is 4.05. The number of amidine groups is 1. The lowest BCUT2D eigenvalue weighted by atomic mass is 9.88. The molecule has 2 aromatic carbocycles. The van der Waals surface area contributed by atoms with Crippen LogP contribution < -0.4 is 10.2 Å². The van der Waals surface area contributed by atoms with Crippen LogP contribution in [-0.2, 0) is 4.79 Å². The minimum Gasteiger partial charge on any atom is -0.363 e. The summed E-state index contributed by atoms with van der Waals surface area (Å²) < 4.78 is 0. The maximum Gasteiger partial charge on any atom is 0.264 e.